The Balaban J connectivity index is 2.18. The van der Waals surface area contributed by atoms with Crippen molar-refractivity contribution in [3.63, 3.8) is 0 Å². The van der Waals surface area contributed by atoms with Gasteiger partial charge >= 0.3 is 0 Å². The zero-order valence-electron chi connectivity index (χ0n) is 10.9. The van der Waals surface area contributed by atoms with E-state index in [-0.39, 0.29) is 11.5 Å². The van der Waals surface area contributed by atoms with Crippen LogP contribution in [0.25, 0.3) is 0 Å². The average molecular weight is 234 g/mol. The number of ether oxygens (including phenoxy) is 1. The number of hydrazine groups is 1. The molecule has 0 spiro atoms. The van der Waals surface area contributed by atoms with Crippen LogP contribution < -0.4 is 16.0 Å². The van der Waals surface area contributed by atoms with Crippen LogP contribution in [-0.4, -0.2) is 6.10 Å². The zero-order chi connectivity index (χ0) is 12.5. The fourth-order valence-electron chi connectivity index (χ4n) is 1.99. The summed E-state index contributed by atoms with van der Waals surface area (Å²) in [4.78, 5) is 0. The van der Waals surface area contributed by atoms with Crippen molar-refractivity contribution in [1.82, 2.24) is 5.43 Å². The molecule has 0 bridgehead atoms. The van der Waals surface area contributed by atoms with Gasteiger partial charge in [-0.05, 0) is 36.0 Å². The van der Waals surface area contributed by atoms with Gasteiger partial charge in [0, 0.05) is 0 Å². The number of nitrogens with two attached hydrogens (primary N) is 1. The highest BCUT2D eigenvalue weighted by molar-refractivity contribution is 5.31. The fourth-order valence-corrected chi connectivity index (χ4v) is 1.99. The lowest BCUT2D eigenvalue weighted by Gasteiger charge is -2.30. The van der Waals surface area contributed by atoms with E-state index < -0.39 is 0 Å². The van der Waals surface area contributed by atoms with Gasteiger partial charge in [0.2, 0.25) is 0 Å². The maximum atomic E-state index is 5.80. The largest absolute Gasteiger partial charge is 0.490 e. The van der Waals surface area contributed by atoms with Gasteiger partial charge < -0.3 is 4.74 Å². The predicted octanol–water partition coefficient (Wildman–Crippen LogP) is 2.78. The Morgan fingerprint density at radius 2 is 2.06 bits per heavy atom. The molecule has 3 nitrogen and oxygen atoms in total. The topological polar surface area (TPSA) is 47.3 Å². The highest BCUT2D eigenvalue weighted by Gasteiger charge is 2.27. The normalized spacial score (nSPS) is 17.9. The summed E-state index contributed by atoms with van der Waals surface area (Å²) in [5, 5.41) is 0. The van der Waals surface area contributed by atoms with Crippen molar-refractivity contribution >= 4 is 0 Å². The summed E-state index contributed by atoms with van der Waals surface area (Å²) in [5.74, 6) is 6.62. The first-order chi connectivity index (χ1) is 8.00. The lowest BCUT2D eigenvalue weighted by Crippen LogP contribution is -2.36. The van der Waals surface area contributed by atoms with E-state index in [0.29, 0.717) is 6.10 Å². The van der Waals surface area contributed by atoms with E-state index in [1.54, 1.807) is 0 Å². The Labute approximate surface area is 103 Å². The van der Waals surface area contributed by atoms with Crippen molar-refractivity contribution in [2.45, 2.75) is 45.8 Å². The van der Waals surface area contributed by atoms with Crippen molar-refractivity contribution in [3.8, 4) is 5.75 Å². The van der Waals surface area contributed by atoms with Gasteiger partial charge in [0.05, 0.1) is 12.1 Å². The molecule has 0 saturated heterocycles. The highest BCUT2D eigenvalue weighted by Crippen LogP contribution is 2.34. The molecule has 94 valence electrons. The lowest BCUT2D eigenvalue weighted by atomic mass is 9.83. The van der Waals surface area contributed by atoms with Crippen LogP contribution >= 0.6 is 0 Å². The molecule has 17 heavy (non-hydrogen) atoms. The molecule has 1 saturated carbocycles. The van der Waals surface area contributed by atoms with Crippen LogP contribution in [0, 0.1) is 5.41 Å². The summed E-state index contributed by atoms with van der Waals surface area (Å²) in [6.45, 7) is 6.52. The summed E-state index contributed by atoms with van der Waals surface area (Å²) < 4.78 is 5.80. The number of hydrogen-bond donors (Lipinski definition) is 2. The summed E-state index contributed by atoms with van der Waals surface area (Å²) in [6, 6.07) is 8.36. The molecule has 0 amide bonds. The van der Waals surface area contributed by atoms with Crippen LogP contribution in [0.15, 0.2) is 24.3 Å². The summed E-state index contributed by atoms with van der Waals surface area (Å²) >= 11 is 0. The maximum absolute atomic E-state index is 5.80. The third-order valence-electron chi connectivity index (χ3n) is 3.05. The third-order valence-corrected chi connectivity index (χ3v) is 3.05. The summed E-state index contributed by atoms with van der Waals surface area (Å²) in [6.07, 6.45) is 2.80. The first kappa shape index (κ1) is 12.4. The number of nitrogens with one attached hydrogen (secondary N) is 1. The minimum absolute atomic E-state index is 0.0763. The third kappa shape index (κ3) is 3.20. The molecule has 0 radical (unpaired) electrons. The van der Waals surface area contributed by atoms with Crippen LogP contribution in [0.2, 0.25) is 0 Å². The Morgan fingerprint density at radius 1 is 1.35 bits per heavy atom. The first-order valence-corrected chi connectivity index (χ1v) is 6.23. The molecule has 3 heteroatoms. The van der Waals surface area contributed by atoms with Crippen molar-refractivity contribution in [3.05, 3.63) is 29.8 Å². The molecule has 1 atom stereocenters. The minimum atomic E-state index is 0.0763. The second-order valence-corrected chi connectivity index (χ2v) is 5.86. The van der Waals surface area contributed by atoms with Crippen LogP contribution in [0.3, 0.4) is 0 Å². The number of benzene rings is 1. The lowest BCUT2D eigenvalue weighted by molar-refractivity contribution is 0.272. The summed E-state index contributed by atoms with van der Waals surface area (Å²) in [5.41, 5.74) is 4.15. The molecule has 3 N–H and O–H groups in total. The maximum Gasteiger partial charge on any atom is 0.120 e. The van der Waals surface area contributed by atoms with E-state index >= 15 is 0 Å². The van der Waals surface area contributed by atoms with Crippen molar-refractivity contribution < 1.29 is 4.74 Å². The van der Waals surface area contributed by atoms with Crippen LogP contribution in [0.1, 0.15) is 45.2 Å². The van der Waals surface area contributed by atoms with Crippen molar-refractivity contribution in [2.24, 2.45) is 11.3 Å². The zero-order valence-corrected chi connectivity index (χ0v) is 10.9. The quantitative estimate of drug-likeness (QED) is 0.622. The van der Waals surface area contributed by atoms with Gasteiger partial charge in [0.25, 0.3) is 0 Å². The molecular weight excluding hydrogens is 212 g/mol. The standard InChI is InChI=1S/C14H22N2O/c1-14(2,3)13(16-15)10-5-4-6-12(9-10)17-11-7-8-11/h4-6,9,11,13,16H,7-8,15H2,1-3H3. The predicted molar refractivity (Wildman–Crippen MR) is 69.6 cm³/mol. The van der Waals surface area contributed by atoms with Crippen LogP contribution in [0.5, 0.6) is 5.75 Å². The van der Waals surface area contributed by atoms with Gasteiger partial charge in [0.15, 0.2) is 0 Å². The number of hydrogen-bond acceptors (Lipinski definition) is 3. The molecule has 1 aromatic rings. The van der Waals surface area contributed by atoms with Gasteiger partial charge in [-0.2, -0.15) is 0 Å². The molecule has 1 fully saturated rings. The average Bonchev–Trinajstić information content (AvgIpc) is 3.01. The monoisotopic (exact) mass is 234 g/mol. The highest BCUT2D eigenvalue weighted by atomic mass is 16.5. The smallest absolute Gasteiger partial charge is 0.120 e. The van der Waals surface area contributed by atoms with E-state index in [1.165, 1.54) is 18.4 Å². The SMILES string of the molecule is CC(C)(C)C(NN)c1cccc(OC2CC2)c1. The second-order valence-electron chi connectivity index (χ2n) is 5.86. The molecule has 0 aliphatic heterocycles. The van der Waals surface area contributed by atoms with Crippen LogP contribution in [-0.2, 0) is 0 Å². The van der Waals surface area contributed by atoms with Gasteiger partial charge in [-0.15, -0.1) is 0 Å². The van der Waals surface area contributed by atoms with Gasteiger partial charge in [-0.1, -0.05) is 32.9 Å². The van der Waals surface area contributed by atoms with Gasteiger partial charge in [0.1, 0.15) is 5.75 Å². The minimum Gasteiger partial charge on any atom is -0.490 e. The van der Waals surface area contributed by atoms with E-state index in [2.05, 4.69) is 38.3 Å². The Morgan fingerprint density at radius 3 is 2.59 bits per heavy atom. The Bertz CT molecular complexity index is 380. The molecule has 2 rings (SSSR count). The first-order valence-electron chi connectivity index (χ1n) is 6.23. The summed E-state index contributed by atoms with van der Waals surface area (Å²) in [7, 11) is 0. The molecule has 0 aromatic heterocycles. The molecule has 0 heterocycles. The van der Waals surface area contributed by atoms with Gasteiger partial charge in [-0.25, -0.2) is 0 Å². The second kappa shape index (κ2) is 4.67. The van der Waals surface area contributed by atoms with Crippen LogP contribution in [0.4, 0.5) is 0 Å². The van der Waals surface area contributed by atoms with Gasteiger partial charge in [-0.3, -0.25) is 11.3 Å². The molecule has 1 aromatic carbocycles. The molecule has 1 aliphatic rings. The van der Waals surface area contributed by atoms with E-state index in [0.717, 1.165) is 5.75 Å². The fraction of sp³-hybridized carbons (Fsp3) is 0.571. The Hall–Kier alpha value is -1.06. The van der Waals surface area contributed by atoms with Crippen molar-refractivity contribution in [2.75, 3.05) is 0 Å². The van der Waals surface area contributed by atoms with Crippen molar-refractivity contribution in [1.29, 1.82) is 0 Å². The van der Waals surface area contributed by atoms with E-state index in [1.807, 2.05) is 12.1 Å². The van der Waals surface area contributed by atoms with E-state index in [9.17, 15) is 0 Å². The van der Waals surface area contributed by atoms with E-state index in [4.69, 9.17) is 10.6 Å². The Kier molecular flexibility index (Phi) is 3.40. The molecule has 1 aliphatic carbocycles. The molecule has 1 unspecified atom stereocenters. The molecular formula is C14H22N2O. The number of rotatable bonds is 4.